The molecule has 1 heterocycles. The molecule has 0 saturated carbocycles. The number of hydrogen-bond donors (Lipinski definition) is 1. The third-order valence-electron chi connectivity index (χ3n) is 3.92. The smallest absolute Gasteiger partial charge is 0.0879 e. The molecule has 0 saturated heterocycles. The third kappa shape index (κ3) is 3.80. The fourth-order valence-electron chi connectivity index (χ4n) is 2.72. The van der Waals surface area contributed by atoms with E-state index in [1.807, 2.05) is 11.3 Å². The van der Waals surface area contributed by atoms with Gasteiger partial charge in [-0.05, 0) is 56.7 Å². The van der Waals surface area contributed by atoms with Crippen LogP contribution in [-0.4, -0.2) is 18.8 Å². The highest BCUT2D eigenvalue weighted by Crippen LogP contribution is 2.39. The first kappa shape index (κ1) is 16.7. The summed E-state index contributed by atoms with van der Waals surface area (Å²) in [4.78, 5) is 1.44. The Labute approximate surface area is 122 Å². The first-order valence-electron chi connectivity index (χ1n) is 7.56. The van der Waals surface area contributed by atoms with Crippen LogP contribution in [0.5, 0.6) is 0 Å². The molecule has 1 N–H and O–H groups in total. The van der Waals surface area contributed by atoms with Crippen LogP contribution in [0.25, 0.3) is 0 Å². The van der Waals surface area contributed by atoms with Gasteiger partial charge in [-0.1, -0.05) is 20.8 Å². The van der Waals surface area contributed by atoms with Crippen LogP contribution in [0, 0.1) is 6.92 Å². The van der Waals surface area contributed by atoms with Gasteiger partial charge in [0.2, 0.25) is 0 Å². The summed E-state index contributed by atoms with van der Waals surface area (Å²) in [6.45, 7) is 12.8. The largest absolute Gasteiger partial charge is 0.373 e. The summed E-state index contributed by atoms with van der Waals surface area (Å²) in [6, 6.07) is 2.52. The Kier molecular flexibility index (Phi) is 7.05. The number of hydrogen-bond acceptors (Lipinski definition) is 3. The number of aryl methyl sites for hydroxylation is 1. The molecule has 1 rings (SSSR count). The van der Waals surface area contributed by atoms with Crippen LogP contribution in [0.2, 0.25) is 0 Å². The molecule has 19 heavy (non-hydrogen) atoms. The lowest BCUT2D eigenvalue weighted by Gasteiger charge is -2.40. The lowest BCUT2D eigenvalue weighted by atomic mass is 9.86. The van der Waals surface area contributed by atoms with Crippen molar-refractivity contribution in [1.29, 1.82) is 0 Å². The molecule has 1 atom stereocenters. The van der Waals surface area contributed by atoms with Crippen LogP contribution in [0.4, 0.5) is 0 Å². The van der Waals surface area contributed by atoms with E-state index >= 15 is 0 Å². The van der Waals surface area contributed by atoms with E-state index < -0.39 is 0 Å². The minimum absolute atomic E-state index is 0.0838. The van der Waals surface area contributed by atoms with Crippen LogP contribution in [0.15, 0.2) is 11.4 Å². The van der Waals surface area contributed by atoms with E-state index in [4.69, 9.17) is 4.74 Å². The average molecular weight is 283 g/mol. The van der Waals surface area contributed by atoms with Crippen LogP contribution < -0.4 is 5.32 Å². The van der Waals surface area contributed by atoms with Crippen molar-refractivity contribution in [2.24, 2.45) is 0 Å². The summed E-state index contributed by atoms with van der Waals surface area (Å²) in [6.07, 6.45) is 3.22. The quantitative estimate of drug-likeness (QED) is 0.709. The minimum Gasteiger partial charge on any atom is -0.373 e. The first-order chi connectivity index (χ1) is 9.15. The molecule has 0 aromatic carbocycles. The van der Waals surface area contributed by atoms with Crippen molar-refractivity contribution in [2.75, 3.05) is 13.2 Å². The third-order valence-corrected chi connectivity index (χ3v) is 5.00. The summed E-state index contributed by atoms with van der Waals surface area (Å²) in [5, 5.41) is 5.91. The predicted molar refractivity (Wildman–Crippen MR) is 85.0 cm³/mol. The van der Waals surface area contributed by atoms with E-state index in [1.54, 1.807) is 0 Å². The predicted octanol–water partition coefficient (Wildman–Crippen LogP) is 4.69. The fraction of sp³-hybridized carbons (Fsp3) is 0.750. The van der Waals surface area contributed by atoms with Crippen molar-refractivity contribution in [3.8, 4) is 0 Å². The van der Waals surface area contributed by atoms with Crippen LogP contribution in [0.3, 0.4) is 0 Å². The molecule has 2 nitrogen and oxygen atoms in total. The average Bonchev–Trinajstić information content (AvgIpc) is 2.84. The normalized spacial score (nSPS) is 13.7. The SMILES string of the molecule is CCCNC(c1sccc1C)C(CC)(CC)OCC. The van der Waals surface area contributed by atoms with Gasteiger partial charge in [0, 0.05) is 11.5 Å². The number of rotatable bonds is 9. The van der Waals surface area contributed by atoms with Crippen molar-refractivity contribution >= 4 is 11.3 Å². The molecule has 0 amide bonds. The van der Waals surface area contributed by atoms with E-state index in [9.17, 15) is 0 Å². The molecule has 0 bridgehead atoms. The zero-order valence-electron chi connectivity index (χ0n) is 13.1. The van der Waals surface area contributed by atoms with Gasteiger partial charge in [0.1, 0.15) is 0 Å². The maximum absolute atomic E-state index is 6.21. The molecular formula is C16H29NOS. The highest BCUT2D eigenvalue weighted by atomic mass is 32.1. The maximum atomic E-state index is 6.21. The summed E-state index contributed by atoms with van der Waals surface area (Å²) >= 11 is 1.85. The Morgan fingerprint density at radius 1 is 1.26 bits per heavy atom. The highest BCUT2D eigenvalue weighted by Gasteiger charge is 2.38. The molecule has 0 aliphatic heterocycles. The van der Waals surface area contributed by atoms with Gasteiger partial charge in [-0.15, -0.1) is 11.3 Å². The second kappa shape index (κ2) is 8.03. The molecule has 0 aliphatic carbocycles. The lowest BCUT2D eigenvalue weighted by molar-refractivity contribution is -0.0726. The monoisotopic (exact) mass is 283 g/mol. The maximum Gasteiger partial charge on any atom is 0.0879 e. The number of ether oxygens (including phenoxy) is 1. The van der Waals surface area contributed by atoms with Gasteiger partial charge in [-0.2, -0.15) is 0 Å². The van der Waals surface area contributed by atoms with E-state index in [1.165, 1.54) is 10.4 Å². The van der Waals surface area contributed by atoms with E-state index in [0.717, 1.165) is 32.4 Å². The Balaban J connectivity index is 3.09. The summed E-state index contributed by atoms with van der Waals surface area (Å²) < 4.78 is 6.21. The Morgan fingerprint density at radius 3 is 2.37 bits per heavy atom. The van der Waals surface area contributed by atoms with Gasteiger partial charge in [-0.3, -0.25) is 0 Å². The highest BCUT2D eigenvalue weighted by molar-refractivity contribution is 7.10. The summed E-state index contributed by atoms with van der Waals surface area (Å²) in [7, 11) is 0. The van der Waals surface area contributed by atoms with Crippen molar-refractivity contribution < 1.29 is 4.74 Å². The van der Waals surface area contributed by atoms with Crippen LogP contribution in [-0.2, 0) is 4.74 Å². The van der Waals surface area contributed by atoms with Gasteiger partial charge in [0.15, 0.2) is 0 Å². The molecule has 0 aliphatic rings. The van der Waals surface area contributed by atoms with Crippen molar-refractivity contribution in [1.82, 2.24) is 5.32 Å². The van der Waals surface area contributed by atoms with Gasteiger partial charge in [0.25, 0.3) is 0 Å². The van der Waals surface area contributed by atoms with E-state index in [0.29, 0.717) is 6.04 Å². The van der Waals surface area contributed by atoms with Gasteiger partial charge in [-0.25, -0.2) is 0 Å². The summed E-state index contributed by atoms with van der Waals surface area (Å²) in [5.41, 5.74) is 1.30. The molecule has 0 radical (unpaired) electrons. The molecule has 1 aromatic heterocycles. The molecular weight excluding hydrogens is 254 g/mol. The van der Waals surface area contributed by atoms with Crippen LogP contribution >= 0.6 is 11.3 Å². The number of thiophene rings is 1. The molecule has 110 valence electrons. The first-order valence-corrected chi connectivity index (χ1v) is 8.44. The summed E-state index contributed by atoms with van der Waals surface area (Å²) in [5.74, 6) is 0. The van der Waals surface area contributed by atoms with Crippen molar-refractivity contribution in [3.05, 3.63) is 21.9 Å². The minimum atomic E-state index is -0.0838. The second-order valence-corrected chi connectivity index (χ2v) is 6.01. The Morgan fingerprint density at radius 2 is 1.95 bits per heavy atom. The second-order valence-electron chi connectivity index (χ2n) is 5.06. The molecule has 1 aromatic rings. The van der Waals surface area contributed by atoms with E-state index in [-0.39, 0.29) is 5.60 Å². The Bertz CT molecular complexity index is 357. The molecule has 0 spiro atoms. The molecule has 0 fully saturated rings. The van der Waals surface area contributed by atoms with Gasteiger partial charge >= 0.3 is 0 Å². The van der Waals surface area contributed by atoms with E-state index in [2.05, 4.69) is 51.4 Å². The standard InChI is InChI=1S/C16H29NOS/c1-6-11-17-15(14-13(5)10-12-19-14)16(7-2,8-3)18-9-4/h10,12,15,17H,6-9,11H2,1-5H3. The van der Waals surface area contributed by atoms with Crippen molar-refractivity contribution in [3.63, 3.8) is 0 Å². The van der Waals surface area contributed by atoms with Gasteiger partial charge < -0.3 is 10.1 Å². The molecule has 1 unspecified atom stereocenters. The zero-order valence-corrected chi connectivity index (χ0v) is 13.9. The Hall–Kier alpha value is -0.380. The zero-order chi connectivity index (χ0) is 14.3. The number of nitrogens with one attached hydrogen (secondary N) is 1. The molecule has 3 heteroatoms. The topological polar surface area (TPSA) is 21.3 Å². The van der Waals surface area contributed by atoms with Crippen molar-refractivity contribution in [2.45, 2.75) is 65.5 Å². The lowest BCUT2D eigenvalue weighted by Crippen LogP contribution is -2.45. The van der Waals surface area contributed by atoms with Crippen LogP contribution in [0.1, 0.15) is 63.4 Å². The van der Waals surface area contributed by atoms with Gasteiger partial charge in [0.05, 0.1) is 11.6 Å². The fourth-order valence-corrected chi connectivity index (χ4v) is 3.83.